The Morgan fingerprint density at radius 3 is 2.37 bits per heavy atom. The van der Waals surface area contributed by atoms with Crippen LogP contribution in [0.25, 0.3) is 5.57 Å². The van der Waals surface area contributed by atoms with E-state index >= 15 is 0 Å². The number of hydrogen-bond acceptors (Lipinski definition) is 8. The maximum Gasteiger partial charge on any atom is 0.358 e. The monoisotopic (exact) mass is 521 g/mol. The fraction of sp³-hybridized carbons (Fsp3) is 0.393. The Balaban J connectivity index is 1.50. The number of fused-ring (bicyclic) bond motifs is 1. The average Bonchev–Trinajstić information content (AvgIpc) is 3.22. The Kier molecular flexibility index (Phi) is 7.63. The maximum atomic E-state index is 13.1. The lowest BCUT2D eigenvalue weighted by molar-refractivity contribution is -0.175. The number of pyridine rings is 1. The molecular weight excluding hydrogens is 490 g/mol. The molecule has 10 nitrogen and oxygen atoms in total. The number of esters is 2. The molecule has 1 saturated heterocycles. The molecule has 0 unspecified atom stereocenters. The van der Waals surface area contributed by atoms with Crippen molar-refractivity contribution in [2.24, 2.45) is 11.3 Å². The van der Waals surface area contributed by atoms with Crippen LogP contribution in [0.4, 0.5) is 0 Å². The summed E-state index contributed by atoms with van der Waals surface area (Å²) in [6.45, 7) is 6.32. The number of aliphatic hydroxyl groups is 1. The fourth-order valence-electron chi connectivity index (χ4n) is 4.55. The van der Waals surface area contributed by atoms with Crippen molar-refractivity contribution in [3.63, 3.8) is 0 Å². The van der Waals surface area contributed by atoms with E-state index in [4.69, 9.17) is 9.47 Å². The lowest BCUT2D eigenvalue weighted by atomic mass is 9.82. The van der Waals surface area contributed by atoms with E-state index in [2.05, 4.69) is 10.3 Å². The molecule has 3 atom stereocenters. The fourth-order valence-corrected chi connectivity index (χ4v) is 4.55. The molecule has 2 aliphatic rings. The molecule has 0 bridgehead atoms. The first-order chi connectivity index (χ1) is 18.0. The van der Waals surface area contributed by atoms with Crippen molar-refractivity contribution in [3.05, 3.63) is 71.2 Å². The minimum atomic E-state index is -0.862. The molecule has 2 aliphatic heterocycles. The van der Waals surface area contributed by atoms with Crippen LogP contribution in [0.3, 0.4) is 0 Å². The summed E-state index contributed by atoms with van der Waals surface area (Å²) < 4.78 is 10.3. The summed E-state index contributed by atoms with van der Waals surface area (Å²) in [7, 11) is 0. The van der Waals surface area contributed by atoms with Crippen LogP contribution in [-0.2, 0) is 30.4 Å². The standard InChI is InChI=1S/C28H31N3O7/c1-16(32)22-21-13-20(23(31(21)25(22)34)26(35)37-15-38-27(36)28(2,3)4)18-7-5-17(6-8-18)14-30-24(33)19-9-11-29-12-10-19/h5-12,16,21-22,32H,13-15H2,1-4H3,(H,30,33)/t16-,21-,22-/m1/s1. The minimum absolute atomic E-state index is 0.0856. The van der Waals surface area contributed by atoms with Gasteiger partial charge in [-0.1, -0.05) is 24.3 Å². The first kappa shape index (κ1) is 27.0. The summed E-state index contributed by atoms with van der Waals surface area (Å²) >= 11 is 0. The van der Waals surface area contributed by atoms with E-state index in [-0.39, 0.29) is 23.6 Å². The van der Waals surface area contributed by atoms with Crippen LogP contribution >= 0.6 is 0 Å². The molecule has 4 rings (SSSR count). The Morgan fingerprint density at radius 2 is 1.76 bits per heavy atom. The number of benzene rings is 1. The number of amides is 2. The summed E-state index contributed by atoms with van der Waals surface area (Å²) in [6, 6.07) is 10.2. The van der Waals surface area contributed by atoms with E-state index < -0.39 is 36.2 Å². The molecule has 2 amide bonds. The highest BCUT2D eigenvalue weighted by molar-refractivity contribution is 6.06. The first-order valence-corrected chi connectivity index (χ1v) is 12.3. The van der Waals surface area contributed by atoms with Crippen LogP contribution < -0.4 is 5.32 Å². The van der Waals surface area contributed by atoms with Gasteiger partial charge >= 0.3 is 11.9 Å². The predicted octanol–water partition coefficient (Wildman–Crippen LogP) is 2.42. The molecule has 3 heterocycles. The van der Waals surface area contributed by atoms with Crippen molar-refractivity contribution < 1.29 is 33.8 Å². The van der Waals surface area contributed by atoms with E-state index in [1.165, 1.54) is 4.90 Å². The Hall–Kier alpha value is -4.05. The lowest BCUT2D eigenvalue weighted by Gasteiger charge is -2.44. The van der Waals surface area contributed by atoms with Gasteiger partial charge < -0.3 is 24.8 Å². The van der Waals surface area contributed by atoms with Gasteiger partial charge in [-0.2, -0.15) is 0 Å². The third-order valence-electron chi connectivity index (χ3n) is 6.61. The highest BCUT2D eigenvalue weighted by Crippen LogP contribution is 2.47. The quantitative estimate of drug-likeness (QED) is 0.307. The van der Waals surface area contributed by atoms with Gasteiger partial charge in [-0.3, -0.25) is 19.4 Å². The van der Waals surface area contributed by atoms with Crippen molar-refractivity contribution in [1.82, 2.24) is 15.2 Å². The molecule has 2 N–H and O–H groups in total. The van der Waals surface area contributed by atoms with Gasteiger partial charge in [0.25, 0.3) is 5.91 Å². The number of nitrogens with one attached hydrogen (secondary N) is 1. The second kappa shape index (κ2) is 10.7. The van der Waals surface area contributed by atoms with Crippen LogP contribution in [0.2, 0.25) is 0 Å². The van der Waals surface area contributed by atoms with Crippen LogP contribution in [0.5, 0.6) is 0 Å². The largest absolute Gasteiger partial charge is 0.427 e. The van der Waals surface area contributed by atoms with E-state index in [1.54, 1.807) is 52.2 Å². The van der Waals surface area contributed by atoms with Crippen LogP contribution in [-0.4, -0.2) is 57.7 Å². The number of rotatable bonds is 8. The molecule has 200 valence electrons. The van der Waals surface area contributed by atoms with Crippen molar-refractivity contribution in [1.29, 1.82) is 0 Å². The third-order valence-corrected chi connectivity index (χ3v) is 6.61. The van der Waals surface area contributed by atoms with E-state index in [9.17, 15) is 24.3 Å². The van der Waals surface area contributed by atoms with E-state index in [1.807, 2.05) is 24.3 Å². The van der Waals surface area contributed by atoms with Crippen LogP contribution in [0.1, 0.15) is 55.6 Å². The topological polar surface area (TPSA) is 135 Å². The van der Waals surface area contributed by atoms with Crippen molar-refractivity contribution in [3.8, 4) is 0 Å². The van der Waals surface area contributed by atoms with Crippen molar-refractivity contribution >= 4 is 29.3 Å². The Labute approximate surface area is 220 Å². The van der Waals surface area contributed by atoms with Crippen molar-refractivity contribution in [2.75, 3.05) is 6.79 Å². The number of ether oxygens (including phenoxy) is 2. The smallest absolute Gasteiger partial charge is 0.358 e. The molecule has 1 fully saturated rings. The molecule has 0 radical (unpaired) electrons. The summed E-state index contributed by atoms with van der Waals surface area (Å²) in [4.78, 5) is 55.5. The Morgan fingerprint density at radius 1 is 1.11 bits per heavy atom. The molecule has 10 heteroatoms. The van der Waals surface area contributed by atoms with Gasteiger partial charge in [0.1, 0.15) is 5.70 Å². The molecule has 2 aromatic rings. The number of carbonyl (C=O) groups is 4. The zero-order valence-corrected chi connectivity index (χ0v) is 21.8. The number of β-lactam (4-membered cyclic amide) rings is 1. The van der Waals surface area contributed by atoms with Gasteiger partial charge in [0.05, 0.1) is 23.5 Å². The molecule has 0 aliphatic carbocycles. The van der Waals surface area contributed by atoms with Crippen molar-refractivity contribution in [2.45, 2.75) is 52.8 Å². The number of aromatic nitrogens is 1. The number of hydrogen-bond donors (Lipinski definition) is 2. The van der Waals surface area contributed by atoms with Crippen LogP contribution in [0, 0.1) is 11.3 Å². The highest BCUT2D eigenvalue weighted by atomic mass is 16.7. The molecule has 38 heavy (non-hydrogen) atoms. The molecule has 1 aromatic heterocycles. The summed E-state index contributed by atoms with van der Waals surface area (Å²) in [5, 5.41) is 12.9. The predicted molar refractivity (Wildman–Crippen MR) is 136 cm³/mol. The van der Waals surface area contributed by atoms with Crippen LogP contribution in [0.15, 0.2) is 54.5 Å². The van der Waals surface area contributed by atoms with E-state index in [0.29, 0.717) is 29.7 Å². The molecule has 0 saturated carbocycles. The highest BCUT2D eigenvalue weighted by Gasteiger charge is 2.57. The second-order valence-electron chi connectivity index (χ2n) is 10.4. The minimum Gasteiger partial charge on any atom is -0.427 e. The average molecular weight is 522 g/mol. The summed E-state index contributed by atoms with van der Waals surface area (Å²) in [6.07, 6.45) is 2.60. The van der Waals surface area contributed by atoms with Gasteiger partial charge in [0, 0.05) is 24.5 Å². The number of carbonyl (C=O) groups excluding carboxylic acids is 4. The normalized spacial score (nSPS) is 19.4. The summed E-state index contributed by atoms with van der Waals surface area (Å²) in [5.74, 6) is -2.50. The first-order valence-electron chi connectivity index (χ1n) is 12.3. The Bertz CT molecular complexity index is 1260. The molecular formula is C28H31N3O7. The van der Waals surface area contributed by atoms with Gasteiger partial charge in [0.2, 0.25) is 12.7 Å². The van der Waals surface area contributed by atoms with Gasteiger partial charge in [-0.15, -0.1) is 0 Å². The second-order valence-corrected chi connectivity index (χ2v) is 10.4. The zero-order chi connectivity index (χ0) is 27.6. The molecule has 1 aromatic carbocycles. The summed E-state index contributed by atoms with van der Waals surface area (Å²) in [5.41, 5.74) is 1.99. The lowest BCUT2D eigenvalue weighted by Crippen LogP contribution is -2.61. The number of aliphatic hydroxyl groups excluding tert-OH is 1. The number of nitrogens with zero attached hydrogens (tertiary/aromatic N) is 2. The maximum absolute atomic E-state index is 13.1. The van der Waals surface area contributed by atoms with Gasteiger partial charge in [0.15, 0.2) is 0 Å². The SMILES string of the molecule is C[C@@H](O)[C@H]1C(=O)N2C(C(=O)OCOC(=O)C(C)(C)C)=C(c3ccc(CNC(=O)c4ccncc4)cc3)C[C@H]12. The zero-order valence-electron chi connectivity index (χ0n) is 21.8. The molecule has 0 spiro atoms. The van der Waals surface area contributed by atoms with E-state index in [0.717, 1.165) is 5.56 Å². The van der Waals surface area contributed by atoms with Gasteiger partial charge in [-0.05, 0) is 62.9 Å². The third kappa shape index (κ3) is 5.45. The van der Waals surface area contributed by atoms with Gasteiger partial charge in [-0.25, -0.2) is 4.79 Å².